The van der Waals surface area contributed by atoms with Crippen LogP contribution in [0.3, 0.4) is 0 Å². The summed E-state index contributed by atoms with van der Waals surface area (Å²) in [6.45, 7) is 2.02. The molecule has 1 aromatic carbocycles. The Morgan fingerprint density at radius 3 is 2.75 bits per heavy atom. The highest BCUT2D eigenvalue weighted by Crippen LogP contribution is 2.20. The van der Waals surface area contributed by atoms with Gasteiger partial charge >= 0.3 is 0 Å². The number of aromatic nitrogens is 1. The number of carbonyl (C=O) groups is 1. The Morgan fingerprint density at radius 2 is 2.12 bits per heavy atom. The zero-order chi connectivity index (χ0) is 17.4. The number of benzene rings is 1. The molecule has 122 valence electrons. The number of carbonyl (C=O) groups excluding carboxylic acids is 1. The van der Waals surface area contributed by atoms with Crippen molar-refractivity contribution in [2.75, 3.05) is 5.32 Å². The topological polar surface area (TPSA) is 91.9 Å². The van der Waals surface area contributed by atoms with Gasteiger partial charge in [0.1, 0.15) is 5.82 Å². The molecule has 4 N–H and O–H groups in total. The molecule has 0 aliphatic rings. The summed E-state index contributed by atoms with van der Waals surface area (Å²) in [6, 6.07) is 11.1. The van der Waals surface area contributed by atoms with E-state index in [0.29, 0.717) is 17.2 Å². The average molecular weight is 320 g/mol. The summed E-state index contributed by atoms with van der Waals surface area (Å²) in [4.78, 5) is 15.6. The van der Waals surface area contributed by atoms with Crippen molar-refractivity contribution in [3.05, 3.63) is 77.3 Å². The Balaban J connectivity index is 2.41. The summed E-state index contributed by atoms with van der Waals surface area (Å²) >= 11 is 0. The first-order chi connectivity index (χ1) is 11.7. The van der Waals surface area contributed by atoms with Crippen molar-refractivity contribution >= 4 is 23.9 Å². The molecule has 5 nitrogen and oxygen atoms in total. The Hall–Kier alpha value is -3.21. The summed E-state index contributed by atoms with van der Waals surface area (Å²) < 4.78 is 0. The normalized spacial score (nSPS) is 11.5. The Morgan fingerprint density at radius 1 is 1.29 bits per heavy atom. The van der Waals surface area contributed by atoms with Gasteiger partial charge < -0.3 is 16.5 Å². The van der Waals surface area contributed by atoms with Crippen LogP contribution in [-0.4, -0.2) is 17.0 Å². The number of nitrogens with one attached hydrogen (secondary N) is 2. The molecule has 24 heavy (non-hydrogen) atoms. The van der Waals surface area contributed by atoms with E-state index in [2.05, 4.69) is 10.3 Å². The van der Waals surface area contributed by atoms with E-state index in [0.717, 1.165) is 29.4 Å². The number of pyridine rings is 1. The molecule has 0 spiro atoms. The molecular formula is C19H20N4O. The van der Waals surface area contributed by atoms with Crippen LogP contribution in [0.25, 0.3) is 6.08 Å². The monoisotopic (exact) mass is 320 g/mol. The lowest BCUT2D eigenvalue weighted by Gasteiger charge is -2.12. The van der Waals surface area contributed by atoms with Crippen molar-refractivity contribution in [2.24, 2.45) is 5.73 Å². The van der Waals surface area contributed by atoms with Gasteiger partial charge in [0.2, 0.25) is 0 Å². The second-order valence-corrected chi connectivity index (χ2v) is 5.06. The molecule has 1 aromatic heterocycles. The van der Waals surface area contributed by atoms with Gasteiger partial charge in [-0.2, -0.15) is 0 Å². The maximum absolute atomic E-state index is 11.4. The lowest BCUT2D eigenvalue weighted by molar-refractivity contribution is -0.104. The van der Waals surface area contributed by atoms with Gasteiger partial charge in [-0.05, 0) is 48.0 Å². The summed E-state index contributed by atoms with van der Waals surface area (Å²) in [5, 5.41) is 11.1. The van der Waals surface area contributed by atoms with E-state index in [4.69, 9.17) is 11.1 Å². The van der Waals surface area contributed by atoms with Gasteiger partial charge in [0.05, 0.1) is 11.4 Å². The van der Waals surface area contributed by atoms with E-state index < -0.39 is 0 Å². The van der Waals surface area contributed by atoms with Crippen molar-refractivity contribution in [1.82, 2.24) is 4.98 Å². The highest BCUT2D eigenvalue weighted by molar-refractivity contribution is 6.08. The van der Waals surface area contributed by atoms with Crippen LogP contribution in [0.1, 0.15) is 23.6 Å². The SMILES string of the molecule is CCc1c(/C=C(\C=O)Nc2ccccn2)cccc1C(=N)/C=C\N. The zero-order valence-electron chi connectivity index (χ0n) is 13.5. The largest absolute Gasteiger partial charge is 0.405 e. The van der Waals surface area contributed by atoms with Crippen LogP contribution in [0.2, 0.25) is 0 Å². The summed E-state index contributed by atoms with van der Waals surface area (Å²) in [7, 11) is 0. The molecule has 0 unspecified atom stereocenters. The predicted octanol–water partition coefficient (Wildman–Crippen LogP) is 3.14. The third kappa shape index (κ3) is 4.16. The standard InChI is InChI=1S/C19H20N4O/c1-2-16-14(6-5-7-17(16)18(21)9-10-20)12-15(13-24)23-19-8-3-4-11-22-19/h3-13,21H,2,20H2,1H3,(H,22,23)/b10-9-,15-12+,21-18?. The second-order valence-electron chi connectivity index (χ2n) is 5.06. The first kappa shape index (κ1) is 17.1. The fraction of sp³-hybridized carbons (Fsp3) is 0.105. The van der Waals surface area contributed by atoms with Gasteiger partial charge in [0.25, 0.3) is 0 Å². The van der Waals surface area contributed by atoms with Crippen LogP contribution >= 0.6 is 0 Å². The van der Waals surface area contributed by atoms with Crippen molar-refractivity contribution in [2.45, 2.75) is 13.3 Å². The van der Waals surface area contributed by atoms with E-state index in [1.54, 1.807) is 24.4 Å². The molecule has 0 aliphatic carbocycles. The fourth-order valence-electron chi connectivity index (χ4n) is 2.42. The molecule has 0 bridgehead atoms. The Labute approximate surface area is 141 Å². The maximum atomic E-state index is 11.4. The van der Waals surface area contributed by atoms with Gasteiger partial charge in [0, 0.05) is 11.8 Å². The first-order valence-corrected chi connectivity index (χ1v) is 7.63. The lowest BCUT2D eigenvalue weighted by atomic mass is 9.95. The summed E-state index contributed by atoms with van der Waals surface area (Å²) in [6.07, 6.45) is 7.82. The van der Waals surface area contributed by atoms with Gasteiger partial charge in [0.15, 0.2) is 6.29 Å². The van der Waals surface area contributed by atoms with Gasteiger partial charge in [-0.25, -0.2) is 4.98 Å². The molecule has 0 atom stereocenters. The van der Waals surface area contributed by atoms with Crippen molar-refractivity contribution in [3.8, 4) is 0 Å². The molecule has 0 aliphatic heterocycles. The van der Waals surface area contributed by atoms with Crippen molar-refractivity contribution in [1.29, 1.82) is 5.41 Å². The molecule has 5 heteroatoms. The van der Waals surface area contributed by atoms with Crippen LogP contribution in [0.15, 0.2) is 60.6 Å². The predicted molar refractivity (Wildman–Crippen MR) is 97.9 cm³/mol. The van der Waals surface area contributed by atoms with Crippen LogP contribution in [0.5, 0.6) is 0 Å². The maximum Gasteiger partial charge on any atom is 0.166 e. The first-order valence-electron chi connectivity index (χ1n) is 7.63. The molecule has 0 saturated heterocycles. The molecule has 2 rings (SSSR count). The summed E-state index contributed by atoms with van der Waals surface area (Å²) in [5.41, 5.74) is 8.81. The minimum atomic E-state index is 0.343. The van der Waals surface area contributed by atoms with Gasteiger partial charge in [-0.15, -0.1) is 0 Å². The minimum Gasteiger partial charge on any atom is -0.405 e. The van der Waals surface area contributed by atoms with Crippen LogP contribution < -0.4 is 11.1 Å². The Kier molecular flexibility index (Phi) is 6.02. The van der Waals surface area contributed by atoms with E-state index in [9.17, 15) is 4.79 Å². The lowest BCUT2D eigenvalue weighted by Crippen LogP contribution is -2.05. The number of hydrogen-bond acceptors (Lipinski definition) is 5. The molecule has 1 heterocycles. The molecular weight excluding hydrogens is 300 g/mol. The third-order valence-corrected chi connectivity index (χ3v) is 3.49. The molecule has 0 saturated carbocycles. The van der Waals surface area contributed by atoms with Crippen molar-refractivity contribution in [3.63, 3.8) is 0 Å². The smallest absolute Gasteiger partial charge is 0.166 e. The van der Waals surface area contributed by atoms with Crippen LogP contribution in [0, 0.1) is 5.41 Å². The number of nitrogens with zero attached hydrogens (tertiary/aromatic N) is 1. The fourth-order valence-corrected chi connectivity index (χ4v) is 2.42. The van der Waals surface area contributed by atoms with Gasteiger partial charge in [-0.1, -0.05) is 31.2 Å². The summed E-state index contributed by atoms with van der Waals surface area (Å²) in [5.74, 6) is 0.601. The average Bonchev–Trinajstić information content (AvgIpc) is 2.62. The van der Waals surface area contributed by atoms with Gasteiger partial charge in [-0.3, -0.25) is 4.79 Å². The Bertz CT molecular complexity index is 779. The molecule has 2 aromatic rings. The highest BCUT2D eigenvalue weighted by Gasteiger charge is 2.09. The number of allylic oxidation sites excluding steroid dienone is 2. The molecule has 0 amide bonds. The quantitative estimate of drug-likeness (QED) is 0.415. The van der Waals surface area contributed by atoms with Crippen LogP contribution in [-0.2, 0) is 11.2 Å². The second kappa shape index (κ2) is 8.43. The minimum absolute atomic E-state index is 0.343. The molecule has 0 radical (unpaired) electrons. The van der Waals surface area contributed by atoms with E-state index in [1.165, 1.54) is 6.20 Å². The number of aldehydes is 1. The zero-order valence-corrected chi connectivity index (χ0v) is 13.5. The highest BCUT2D eigenvalue weighted by atomic mass is 16.1. The van der Waals surface area contributed by atoms with Crippen LogP contribution in [0.4, 0.5) is 5.82 Å². The number of rotatable bonds is 7. The number of nitrogens with two attached hydrogens (primary N) is 1. The third-order valence-electron chi connectivity index (χ3n) is 3.49. The molecule has 0 fully saturated rings. The van der Waals surface area contributed by atoms with E-state index in [1.807, 2.05) is 37.3 Å². The van der Waals surface area contributed by atoms with E-state index in [-0.39, 0.29) is 0 Å². The van der Waals surface area contributed by atoms with Crippen molar-refractivity contribution < 1.29 is 4.79 Å². The number of hydrogen-bond donors (Lipinski definition) is 3. The van der Waals surface area contributed by atoms with E-state index >= 15 is 0 Å². The number of anilines is 1.